The molecule has 0 bridgehead atoms. The maximum atomic E-state index is 12.0. The van der Waals surface area contributed by atoms with E-state index in [9.17, 15) is 14.9 Å². The van der Waals surface area contributed by atoms with Gasteiger partial charge in [-0.25, -0.2) is 5.06 Å². The maximum absolute atomic E-state index is 12.0. The summed E-state index contributed by atoms with van der Waals surface area (Å²) in [6, 6.07) is 6.45. The Kier molecular flexibility index (Phi) is 5.75. The van der Waals surface area contributed by atoms with Crippen molar-refractivity contribution in [2.75, 3.05) is 14.2 Å². The van der Waals surface area contributed by atoms with Crippen LogP contribution in [-0.4, -0.2) is 53.6 Å². The van der Waals surface area contributed by atoms with E-state index in [4.69, 9.17) is 9.49 Å². The molecule has 1 aromatic rings. The van der Waals surface area contributed by atoms with E-state index in [2.05, 4.69) is 0 Å². The monoisotopic (exact) mass is 309 g/mol. The van der Waals surface area contributed by atoms with Gasteiger partial charge in [0.25, 0.3) is 5.91 Å². The molecule has 0 fully saturated rings. The second-order valence-corrected chi connectivity index (χ2v) is 6.15. The number of nitrogens with zero attached hydrogens (tertiary/aromatic N) is 1. The number of benzene rings is 1. The average Bonchev–Trinajstić information content (AvgIpc) is 2.44. The van der Waals surface area contributed by atoms with Crippen LogP contribution < -0.4 is 5.46 Å². The molecule has 0 heterocycles. The smallest absolute Gasteiger partial charge is 0.423 e. The molecular weight excluding hydrogens is 285 g/mol. The van der Waals surface area contributed by atoms with E-state index in [1.54, 1.807) is 45.9 Å². The summed E-state index contributed by atoms with van der Waals surface area (Å²) in [4.78, 5) is 16.9. The second kappa shape index (κ2) is 6.79. The fourth-order valence-corrected chi connectivity index (χ4v) is 1.58. The normalized spacial score (nSPS) is 12.2. The number of aliphatic hydroxyl groups is 1. The van der Waals surface area contributed by atoms with Gasteiger partial charge in [-0.1, -0.05) is 12.1 Å². The second-order valence-electron chi connectivity index (χ2n) is 6.15. The van der Waals surface area contributed by atoms with Crippen molar-refractivity contribution in [1.29, 1.82) is 0 Å². The van der Waals surface area contributed by atoms with Crippen LogP contribution in [0.5, 0.6) is 0 Å². The highest BCUT2D eigenvalue weighted by atomic mass is 16.7. The standard InChI is InChI=1S/C15H24BNO5/c1-14(2,19)15(3,4)22-16(20)12-9-7-8-11(10-12)13(18)17(5)21-6/h7-10,19-20H,1-6H3. The minimum absolute atomic E-state index is 0.335. The van der Waals surface area contributed by atoms with Gasteiger partial charge in [-0.15, -0.1) is 0 Å². The number of hydrogen-bond acceptors (Lipinski definition) is 5. The van der Waals surface area contributed by atoms with Gasteiger partial charge in [-0.3, -0.25) is 9.63 Å². The van der Waals surface area contributed by atoms with Gasteiger partial charge in [0.2, 0.25) is 0 Å². The number of rotatable bonds is 6. The molecule has 2 N–H and O–H groups in total. The van der Waals surface area contributed by atoms with Gasteiger partial charge in [0.1, 0.15) is 0 Å². The van der Waals surface area contributed by atoms with Crippen LogP contribution in [0.2, 0.25) is 0 Å². The number of carbonyl (C=O) groups excluding carboxylic acids is 1. The molecule has 0 aliphatic carbocycles. The number of amides is 1. The molecule has 1 amide bonds. The van der Waals surface area contributed by atoms with Crippen molar-refractivity contribution in [2.45, 2.75) is 38.9 Å². The Morgan fingerprint density at radius 3 is 2.36 bits per heavy atom. The highest BCUT2D eigenvalue weighted by molar-refractivity contribution is 6.60. The van der Waals surface area contributed by atoms with Crippen molar-refractivity contribution >= 4 is 18.5 Å². The molecule has 0 atom stereocenters. The zero-order valence-electron chi connectivity index (χ0n) is 14.0. The van der Waals surface area contributed by atoms with Crippen LogP contribution in [0.3, 0.4) is 0 Å². The Balaban J connectivity index is 2.96. The zero-order chi connectivity index (χ0) is 17.1. The van der Waals surface area contributed by atoms with Crippen LogP contribution in [0.4, 0.5) is 0 Å². The van der Waals surface area contributed by atoms with Gasteiger partial charge in [-0.05, 0) is 45.3 Å². The molecular formula is C15H24BNO5. The van der Waals surface area contributed by atoms with E-state index in [0.29, 0.717) is 11.0 Å². The van der Waals surface area contributed by atoms with Crippen LogP contribution in [0, 0.1) is 0 Å². The Morgan fingerprint density at radius 1 is 1.27 bits per heavy atom. The maximum Gasteiger partial charge on any atom is 0.491 e. The van der Waals surface area contributed by atoms with E-state index >= 15 is 0 Å². The van der Waals surface area contributed by atoms with Crippen LogP contribution in [0.25, 0.3) is 0 Å². The van der Waals surface area contributed by atoms with E-state index < -0.39 is 18.3 Å². The first kappa shape index (κ1) is 18.6. The number of hydroxylamine groups is 2. The first-order chi connectivity index (χ1) is 9.99. The first-order valence-corrected chi connectivity index (χ1v) is 7.00. The minimum atomic E-state index is -1.26. The van der Waals surface area contributed by atoms with Crippen LogP contribution in [-0.2, 0) is 9.49 Å². The lowest BCUT2D eigenvalue weighted by Crippen LogP contribution is -2.53. The predicted molar refractivity (Wildman–Crippen MR) is 84.6 cm³/mol. The third kappa shape index (κ3) is 4.30. The Bertz CT molecular complexity index is 527. The summed E-state index contributed by atoms with van der Waals surface area (Å²) in [5, 5.41) is 21.4. The van der Waals surface area contributed by atoms with Crippen molar-refractivity contribution in [2.24, 2.45) is 0 Å². The van der Waals surface area contributed by atoms with Gasteiger partial charge in [0.15, 0.2) is 0 Å². The zero-order valence-corrected chi connectivity index (χ0v) is 14.0. The highest BCUT2D eigenvalue weighted by Crippen LogP contribution is 2.25. The molecule has 1 rings (SSSR count). The third-order valence-corrected chi connectivity index (χ3v) is 3.86. The van der Waals surface area contributed by atoms with Crippen molar-refractivity contribution in [3.8, 4) is 0 Å². The summed E-state index contributed by atoms with van der Waals surface area (Å²) in [6.45, 7) is 6.58. The molecule has 0 aliphatic rings. The van der Waals surface area contributed by atoms with Crippen LogP contribution in [0.15, 0.2) is 24.3 Å². The summed E-state index contributed by atoms with van der Waals surface area (Å²) < 4.78 is 5.56. The summed E-state index contributed by atoms with van der Waals surface area (Å²) >= 11 is 0. The summed E-state index contributed by atoms with van der Waals surface area (Å²) in [7, 11) is 1.63. The van der Waals surface area contributed by atoms with E-state index in [-0.39, 0.29) is 5.91 Å². The van der Waals surface area contributed by atoms with Crippen LogP contribution in [0.1, 0.15) is 38.1 Å². The SMILES string of the molecule is CON(C)C(=O)c1cccc(B(O)OC(C)(C)C(C)(C)O)c1. The lowest BCUT2D eigenvalue weighted by Gasteiger charge is -2.38. The molecule has 0 saturated carbocycles. The molecule has 7 heteroatoms. The number of hydrogen-bond donors (Lipinski definition) is 2. The summed E-state index contributed by atoms with van der Waals surface area (Å²) in [5.41, 5.74) is -1.33. The van der Waals surface area contributed by atoms with Gasteiger partial charge in [-0.2, -0.15) is 0 Å². The van der Waals surface area contributed by atoms with E-state index in [0.717, 1.165) is 5.06 Å². The summed E-state index contributed by atoms with van der Waals surface area (Å²) in [5.74, 6) is -0.335. The third-order valence-electron chi connectivity index (χ3n) is 3.86. The summed E-state index contributed by atoms with van der Waals surface area (Å²) in [6.07, 6.45) is 0. The molecule has 0 spiro atoms. The lowest BCUT2D eigenvalue weighted by molar-refractivity contribution is -0.0982. The molecule has 22 heavy (non-hydrogen) atoms. The molecule has 0 radical (unpaired) electrons. The fourth-order valence-electron chi connectivity index (χ4n) is 1.58. The fraction of sp³-hybridized carbons (Fsp3) is 0.533. The predicted octanol–water partition coefficient (Wildman–Crippen LogP) is 0.574. The molecule has 0 saturated heterocycles. The topological polar surface area (TPSA) is 79.2 Å². The van der Waals surface area contributed by atoms with Gasteiger partial charge < -0.3 is 14.8 Å². The minimum Gasteiger partial charge on any atom is -0.423 e. The largest absolute Gasteiger partial charge is 0.491 e. The Hall–Kier alpha value is -1.41. The van der Waals surface area contributed by atoms with Crippen molar-refractivity contribution < 1.29 is 24.4 Å². The van der Waals surface area contributed by atoms with Crippen LogP contribution >= 0.6 is 0 Å². The molecule has 6 nitrogen and oxygen atoms in total. The van der Waals surface area contributed by atoms with Gasteiger partial charge in [0, 0.05) is 12.6 Å². The Labute approximate surface area is 131 Å². The van der Waals surface area contributed by atoms with E-state index in [1.807, 2.05) is 0 Å². The van der Waals surface area contributed by atoms with Gasteiger partial charge >= 0.3 is 7.12 Å². The molecule has 0 unspecified atom stereocenters. The number of carbonyl (C=O) groups is 1. The van der Waals surface area contributed by atoms with Gasteiger partial charge in [0.05, 0.1) is 18.3 Å². The Morgan fingerprint density at radius 2 is 1.86 bits per heavy atom. The molecule has 122 valence electrons. The average molecular weight is 309 g/mol. The van der Waals surface area contributed by atoms with Crippen molar-refractivity contribution in [3.63, 3.8) is 0 Å². The molecule has 1 aromatic carbocycles. The van der Waals surface area contributed by atoms with E-state index in [1.165, 1.54) is 20.2 Å². The lowest BCUT2D eigenvalue weighted by atomic mass is 9.76. The molecule has 0 aromatic heterocycles. The highest BCUT2D eigenvalue weighted by Gasteiger charge is 2.39. The quantitative estimate of drug-likeness (QED) is 0.593. The molecule has 0 aliphatic heterocycles. The van der Waals surface area contributed by atoms with Crippen molar-refractivity contribution in [3.05, 3.63) is 29.8 Å². The first-order valence-electron chi connectivity index (χ1n) is 7.00. The van der Waals surface area contributed by atoms with Crippen molar-refractivity contribution in [1.82, 2.24) is 5.06 Å².